The highest BCUT2D eigenvalue weighted by Gasteiger charge is 2.28. The van der Waals surface area contributed by atoms with Crippen molar-refractivity contribution in [1.82, 2.24) is 13.9 Å². The molecule has 32 heavy (non-hydrogen) atoms. The zero-order valence-corrected chi connectivity index (χ0v) is 20.2. The van der Waals surface area contributed by atoms with Crippen molar-refractivity contribution in [2.75, 3.05) is 45.1 Å². The number of ether oxygens (including phenoxy) is 1. The number of nitrogens with one attached hydrogen (secondary N) is 1. The van der Waals surface area contributed by atoms with Crippen LogP contribution in [0.4, 0.5) is 0 Å². The Morgan fingerprint density at radius 3 is 2.22 bits per heavy atom. The SMILES string of the molecule is CCCS(=O)(=O)N1CCC(NC(=O)CCc2ccc(S(=O)(=O)N3CCOCC3)cc2)CC1. The second-order valence-electron chi connectivity index (χ2n) is 8.22. The number of carbonyl (C=O) groups is 1. The van der Waals surface area contributed by atoms with Crippen molar-refractivity contribution >= 4 is 26.0 Å². The molecule has 0 aromatic heterocycles. The Bertz CT molecular complexity index is 965. The Hall–Kier alpha value is -1.53. The Balaban J connectivity index is 1.44. The molecule has 1 aromatic carbocycles. The summed E-state index contributed by atoms with van der Waals surface area (Å²) in [5.74, 6) is 0.0844. The summed E-state index contributed by atoms with van der Waals surface area (Å²) < 4.78 is 57.8. The van der Waals surface area contributed by atoms with Crippen molar-refractivity contribution in [2.24, 2.45) is 0 Å². The molecule has 0 unspecified atom stereocenters. The highest BCUT2D eigenvalue weighted by atomic mass is 32.2. The van der Waals surface area contributed by atoms with Crippen molar-refractivity contribution < 1.29 is 26.4 Å². The average molecular weight is 488 g/mol. The molecule has 180 valence electrons. The molecule has 0 saturated carbocycles. The van der Waals surface area contributed by atoms with E-state index in [1.807, 2.05) is 6.92 Å². The summed E-state index contributed by atoms with van der Waals surface area (Å²) in [5, 5.41) is 3.00. The number of rotatable bonds is 9. The van der Waals surface area contributed by atoms with E-state index in [1.54, 1.807) is 24.3 Å². The van der Waals surface area contributed by atoms with Crippen LogP contribution in [-0.2, 0) is 36.0 Å². The summed E-state index contributed by atoms with van der Waals surface area (Å²) in [7, 11) is -6.71. The first kappa shape index (κ1) is 25.1. The summed E-state index contributed by atoms with van der Waals surface area (Å²) in [5.41, 5.74) is 0.890. The van der Waals surface area contributed by atoms with E-state index in [-0.39, 0.29) is 22.6 Å². The molecule has 0 radical (unpaired) electrons. The predicted octanol–water partition coefficient (Wildman–Crippen LogP) is 0.961. The van der Waals surface area contributed by atoms with Gasteiger partial charge in [0.2, 0.25) is 26.0 Å². The smallest absolute Gasteiger partial charge is 0.243 e. The van der Waals surface area contributed by atoms with Crippen molar-refractivity contribution in [3.05, 3.63) is 29.8 Å². The van der Waals surface area contributed by atoms with Gasteiger partial charge in [0.05, 0.1) is 23.9 Å². The van der Waals surface area contributed by atoms with Crippen molar-refractivity contribution in [3.8, 4) is 0 Å². The maximum absolute atomic E-state index is 12.7. The fraction of sp³-hybridized carbons (Fsp3) is 0.667. The van der Waals surface area contributed by atoms with Crippen LogP contribution in [0.3, 0.4) is 0 Å². The minimum Gasteiger partial charge on any atom is -0.379 e. The number of nitrogens with zero attached hydrogens (tertiary/aromatic N) is 2. The van der Waals surface area contributed by atoms with E-state index in [4.69, 9.17) is 4.74 Å². The average Bonchev–Trinajstić information content (AvgIpc) is 2.79. The Morgan fingerprint density at radius 1 is 1.00 bits per heavy atom. The molecule has 9 nitrogen and oxygen atoms in total. The van der Waals surface area contributed by atoms with Crippen LogP contribution in [0.1, 0.15) is 38.2 Å². The zero-order valence-electron chi connectivity index (χ0n) is 18.5. The second kappa shape index (κ2) is 11.1. The quantitative estimate of drug-likeness (QED) is 0.555. The lowest BCUT2D eigenvalue weighted by Gasteiger charge is -2.31. The predicted molar refractivity (Wildman–Crippen MR) is 121 cm³/mol. The van der Waals surface area contributed by atoms with Crippen LogP contribution in [0, 0.1) is 0 Å². The van der Waals surface area contributed by atoms with Crippen molar-refractivity contribution in [1.29, 1.82) is 0 Å². The van der Waals surface area contributed by atoms with Crippen LogP contribution in [0.5, 0.6) is 0 Å². The van der Waals surface area contributed by atoms with Crippen molar-refractivity contribution in [2.45, 2.75) is 50.0 Å². The van der Waals surface area contributed by atoms with Gasteiger partial charge >= 0.3 is 0 Å². The first-order valence-electron chi connectivity index (χ1n) is 11.2. The molecular formula is C21H33N3O6S2. The standard InChI is InChI=1S/C21H33N3O6S2/c1-2-17-31(26,27)23-11-9-19(10-12-23)22-21(25)8-5-18-3-6-20(7-4-18)32(28,29)24-13-15-30-16-14-24/h3-4,6-7,19H,2,5,8-17H2,1H3,(H,22,25). The van der Waals surface area contributed by atoms with Gasteiger partial charge in [-0.15, -0.1) is 0 Å². The third kappa shape index (κ3) is 6.50. The van der Waals surface area contributed by atoms with Crippen LogP contribution in [0.25, 0.3) is 0 Å². The Labute approximate surface area is 191 Å². The lowest BCUT2D eigenvalue weighted by atomic mass is 10.1. The number of amides is 1. The third-order valence-electron chi connectivity index (χ3n) is 5.85. The molecule has 2 aliphatic heterocycles. The summed E-state index contributed by atoms with van der Waals surface area (Å²) in [4.78, 5) is 12.6. The minimum absolute atomic E-state index is 0.0170. The molecule has 2 saturated heterocycles. The van der Waals surface area contributed by atoms with Gasteiger partial charge in [0.1, 0.15) is 0 Å². The van der Waals surface area contributed by atoms with Gasteiger partial charge in [-0.3, -0.25) is 4.79 Å². The molecule has 2 fully saturated rings. The van der Waals surface area contributed by atoms with E-state index in [9.17, 15) is 21.6 Å². The number of sulfonamides is 2. The lowest BCUT2D eigenvalue weighted by Crippen LogP contribution is -2.47. The van der Waals surface area contributed by atoms with E-state index in [0.717, 1.165) is 5.56 Å². The van der Waals surface area contributed by atoms with E-state index in [1.165, 1.54) is 8.61 Å². The summed E-state index contributed by atoms with van der Waals surface area (Å²) >= 11 is 0. The number of hydrogen-bond acceptors (Lipinski definition) is 6. The number of piperidine rings is 1. The molecule has 1 aromatic rings. The highest BCUT2D eigenvalue weighted by molar-refractivity contribution is 7.89. The van der Waals surface area contributed by atoms with E-state index in [2.05, 4.69) is 5.32 Å². The molecule has 3 rings (SSSR count). The van der Waals surface area contributed by atoms with Crippen molar-refractivity contribution in [3.63, 3.8) is 0 Å². The molecule has 2 heterocycles. The molecule has 1 N–H and O–H groups in total. The third-order valence-corrected chi connectivity index (χ3v) is 9.84. The number of hydrogen-bond donors (Lipinski definition) is 1. The van der Waals surface area contributed by atoms with Gasteiger partial charge in [0.25, 0.3) is 0 Å². The van der Waals surface area contributed by atoms with Crippen LogP contribution in [0.15, 0.2) is 29.2 Å². The van der Waals surface area contributed by atoms with Gasteiger partial charge in [-0.25, -0.2) is 21.1 Å². The van der Waals surface area contributed by atoms with Crippen LogP contribution in [-0.4, -0.2) is 82.5 Å². The molecule has 11 heteroatoms. The Kier molecular flexibility index (Phi) is 8.68. The molecule has 2 aliphatic rings. The monoisotopic (exact) mass is 487 g/mol. The number of morpholine rings is 1. The zero-order chi connectivity index (χ0) is 23.2. The highest BCUT2D eigenvalue weighted by Crippen LogP contribution is 2.19. The van der Waals surface area contributed by atoms with E-state index in [0.29, 0.717) is 71.5 Å². The number of carbonyl (C=O) groups excluding carboxylic acids is 1. The van der Waals surface area contributed by atoms with Gasteiger partial charge in [0, 0.05) is 38.6 Å². The lowest BCUT2D eigenvalue weighted by molar-refractivity contribution is -0.122. The summed E-state index contributed by atoms with van der Waals surface area (Å²) in [6.07, 6.45) is 2.63. The number of benzene rings is 1. The molecule has 1 amide bonds. The minimum atomic E-state index is -3.52. The maximum atomic E-state index is 12.7. The summed E-state index contributed by atoms with van der Waals surface area (Å²) in [6, 6.07) is 6.65. The van der Waals surface area contributed by atoms with Gasteiger partial charge in [-0.05, 0) is 43.4 Å². The first-order chi connectivity index (χ1) is 15.2. The normalized spacial score (nSPS) is 19.7. The molecular weight excluding hydrogens is 454 g/mol. The maximum Gasteiger partial charge on any atom is 0.243 e. The Morgan fingerprint density at radius 2 is 1.62 bits per heavy atom. The molecule has 0 atom stereocenters. The van der Waals surface area contributed by atoms with Gasteiger partial charge in [-0.1, -0.05) is 19.1 Å². The fourth-order valence-electron chi connectivity index (χ4n) is 3.99. The topological polar surface area (TPSA) is 113 Å². The first-order valence-corrected chi connectivity index (χ1v) is 14.2. The van der Waals surface area contributed by atoms with Gasteiger partial charge < -0.3 is 10.1 Å². The second-order valence-corrected chi connectivity index (χ2v) is 12.2. The molecule has 0 spiro atoms. The molecule has 0 bridgehead atoms. The van der Waals surface area contributed by atoms with Gasteiger partial charge in [-0.2, -0.15) is 4.31 Å². The van der Waals surface area contributed by atoms with E-state index >= 15 is 0 Å². The van der Waals surface area contributed by atoms with Crippen LogP contribution < -0.4 is 5.32 Å². The summed E-state index contributed by atoms with van der Waals surface area (Å²) in [6.45, 7) is 4.24. The van der Waals surface area contributed by atoms with Crippen LogP contribution >= 0.6 is 0 Å². The van der Waals surface area contributed by atoms with Gasteiger partial charge in [0.15, 0.2) is 0 Å². The van der Waals surface area contributed by atoms with E-state index < -0.39 is 20.0 Å². The number of aryl methyl sites for hydroxylation is 1. The van der Waals surface area contributed by atoms with Crippen LogP contribution in [0.2, 0.25) is 0 Å². The largest absolute Gasteiger partial charge is 0.379 e. The fourth-order valence-corrected chi connectivity index (χ4v) is 6.94. The molecule has 0 aliphatic carbocycles.